The predicted octanol–water partition coefficient (Wildman–Crippen LogP) is 3.16. The Labute approximate surface area is 199 Å². The quantitative estimate of drug-likeness (QED) is 0.305. The van der Waals surface area contributed by atoms with Crippen LogP contribution in [0.15, 0.2) is 44.0 Å². The zero-order valence-electron chi connectivity index (χ0n) is 18.8. The number of hydrogen-bond acceptors (Lipinski definition) is 12. The first-order valence-electron chi connectivity index (χ1n) is 9.76. The topological polar surface area (TPSA) is 161 Å². The van der Waals surface area contributed by atoms with Crippen molar-refractivity contribution >= 4 is 35.1 Å². The van der Waals surface area contributed by atoms with Crippen LogP contribution in [-0.2, 0) is 30.4 Å². The van der Waals surface area contributed by atoms with Crippen molar-refractivity contribution in [2.45, 2.75) is 45.1 Å². The predicted molar refractivity (Wildman–Crippen MR) is 118 cm³/mol. The minimum atomic E-state index is -1.40. The first-order valence-corrected chi connectivity index (χ1v) is 10.6. The highest BCUT2D eigenvalue weighted by atomic mass is 32.2. The van der Waals surface area contributed by atoms with Crippen LogP contribution in [0.2, 0.25) is 0 Å². The summed E-state index contributed by atoms with van der Waals surface area (Å²) in [5.74, 6) is -2.10. The maximum absolute atomic E-state index is 12.9. The Morgan fingerprint density at radius 2 is 1.76 bits per heavy atom. The van der Waals surface area contributed by atoms with Gasteiger partial charge in [-0.25, -0.2) is 19.2 Å². The average Bonchev–Trinajstić information content (AvgIpc) is 3.07. The molecular weight excluding hydrogens is 474 g/mol. The van der Waals surface area contributed by atoms with E-state index in [1.54, 1.807) is 18.2 Å². The third-order valence-electron chi connectivity index (χ3n) is 4.11. The van der Waals surface area contributed by atoms with Gasteiger partial charge in [0.25, 0.3) is 0 Å². The van der Waals surface area contributed by atoms with Crippen molar-refractivity contribution in [2.75, 3.05) is 6.79 Å². The maximum Gasteiger partial charge on any atom is 0.519 e. The van der Waals surface area contributed by atoms with Gasteiger partial charge in [-0.15, -0.1) is 0 Å². The lowest BCUT2D eigenvalue weighted by Gasteiger charge is -2.31. The minimum absolute atomic E-state index is 0. The number of ether oxygens (including phenoxy) is 4. The molecule has 0 radical (unpaired) electrons. The summed E-state index contributed by atoms with van der Waals surface area (Å²) in [4.78, 5) is 59.4. The normalized spacial score (nSPS) is 11.8. The number of carbonyl (C=O) groups excluding carboxylic acids is 4. The first kappa shape index (κ1) is 26.5. The van der Waals surface area contributed by atoms with Crippen LogP contribution < -0.4 is 15.9 Å². The number of para-hydroxylation sites is 1. The number of benzene rings is 1. The van der Waals surface area contributed by atoms with Crippen molar-refractivity contribution in [1.29, 1.82) is 0 Å². The Bertz CT molecular complexity index is 1080. The van der Waals surface area contributed by atoms with Crippen molar-refractivity contribution in [1.82, 2.24) is 5.32 Å². The molecule has 12 nitrogen and oxygen atoms in total. The molecule has 13 heteroatoms. The van der Waals surface area contributed by atoms with Crippen LogP contribution in [0.5, 0.6) is 5.75 Å². The van der Waals surface area contributed by atoms with Crippen molar-refractivity contribution < 1.29 is 48.4 Å². The largest absolute Gasteiger partial charge is 0.519 e. The molecule has 0 aliphatic rings. The molecule has 0 spiro atoms. The van der Waals surface area contributed by atoms with Gasteiger partial charge < -0.3 is 33.1 Å². The van der Waals surface area contributed by atoms with Gasteiger partial charge in [0.1, 0.15) is 11.8 Å². The molecule has 1 N–H and O–H groups in total. The van der Waals surface area contributed by atoms with Gasteiger partial charge in [0.2, 0.25) is 6.79 Å². The van der Waals surface area contributed by atoms with E-state index in [2.05, 4.69) is 10.1 Å². The molecule has 0 saturated carbocycles. The molecule has 0 fully saturated rings. The van der Waals surface area contributed by atoms with Gasteiger partial charge in [0.15, 0.2) is 18.1 Å². The number of thioether (sulfide) groups is 1. The number of amides is 1. The zero-order valence-corrected chi connectivity index (χ0v) is 19.6. The van der Waals surface area contributed by atoms with E-state index in [0.29, 0.717) is 11.8 Å². The van der Waals surface area contributed by atoms with Crippen LogP contribution in [0.3, 0.4) is 0 Å². The van der Waals surface area contributed by atoms with E-state index in [9.17, 15) is 24.0 Å². The highest BCUT2D eigenvalue weighted by Crippen LogP contribution is 2.31. The molecule has 0 aliphatic carbocycles. The molecule has 1 aromatic carbocycles. The van der Waals surface area contributed by atoms with E-state index in [-0.39, 0.29) is 25.3 Å². The average molecular weight is 499 g/mol. The van der Waals surface area contributed by atoms with Gasteiger partial charge in [-0.2, -0.15) is 0 Å². The molecule has 1 heterocycles. The van der Waals surface area contributed by atoms with Crippen molar-refractivity contribution in [3.05, 3.63) is 52.5 Å². The number of hydrogen-bond donors (Lipinski definition) is 1. The van der Waals surface area contributed by atoms with E-state index in [0.717, 1.165) is 6.92 Å². The fourth-order valence-corrected chi connectivity index (χ4v) is 3.26. The number of aryl methyl sites for hydroxylation is 1. The number of rotatable bonds is 9. The standard InChI is InChI=1S/C21H23NO11S.H2/c1-12-15(33-19(26)31-12)10-28-20(27)34-21(3,4)16(22-18(25)30-11-29-13(2)23)17(24)32-14-8-6-5-7-9-14;/h5-9,16H,10-11H2,1-4H3,(H,22,25);1H/t16-;/m0./s1. The molecule has 0 bridgehead atoms. The van der Waals surface area contributed by atoms with Gasteiger partial charge in [0.05, 0.1) is 4.75 Å². The SMILES string of the molecule is CC(=O)OCOC(=O)N[C@@H](C(=O)Oc1ccccc1)C(C)(C)SC(=O)OCc1oc(=O)oc1C.[HH]. The molecule has 2 rings (SSSR count). The molecule has 34 heavy (non-hydrogen) atoms. The summed E-state index contributed by atoms with van der Waals surface area (Å²) in [6, 6.07) is 6.67. The minimum Gasteiger partial charge on any atom is -0.449 e. The second-order valence-electron chi connectivity index (χ2n) is 7.17. The Balaban J connectivity index is 0.00000612. The number of alkyl carbamates (subject to hydrolysis) is 1. The molecule has 1 amide bonds. The lowest BCUT2D eigenvalue weighted by molar-refractivity contribution is -0.149. The third kappa shape index (κ3) is 8.31. The molecule has 0 unspecified atom stereocenters. The molecule has 0 saturated heterocycles. The van der Waals surface area contributed by atoms with E-state index in [4.69, 9.17) is 23.0 Å². The van der Waals surface area contributed by atoms with Crippen molar-refractivity contribution in [2.24, 2.45) is 0 Å². The summed E-state index contributed by atoms with van der Waals surface area (Å²) in [6.07, 6.45) is -1.09. The summed E-state index contributed by atoms with van der Waals surface area (Å²) in [5, 5.41) is 1.48. The van der Waals surface area contributed by atoms with Crippen molar-refractivity contribution in [3.8, 4) is 5.75 Å². The Morgan fingerprint density at radius 1 is 1.09 bits per heavy atom. The van der Waals surface area contributed by atoms with Gasteiger partial charge in [-0.05, 0) is 44.7 Å². The number of esters is 2. The Hall–Kier alpha value is -3.74. The summed E-state index contributed by atoms with van der Waals surface area (Å²) in [7, 11) is 0. The molecule has 1 atom stereocenters. The number of carbonyl (C=O) groups is 4. The fourth-order valence-electron chi connectivity index (χ4n) is 2.44. The molecule has 0 aliphatic heterocycles. The van der Waals surface area contributed by atoms with E-state index in [1.807, 2.05) is 0 Å². The summed E-state index contributed by atoms with van der Waals surface area (Å²) in [6.45, 7) is 4.52. The Morgan fingerprint density at radius 3 is 2.35 bits per heavy atom. The van der Waals surface area contributed by atoms with Crippen LogP contribution in [-0.4, -0.2) is 40.9 Å². The maximum atomic E-state index is 12.9. The second-order valence-corrected chi connectivity index (χ2v) is 8.76. The Kier molecular flexibility index (Phi) is 9.30. The molecular formula is C21H25NO11S. The highest BCUT2D eigenvalue weighted by molar-refractivity contribution is 8.14. The van der Waals surface area contributed by atoms with Gasteiger partial charge in [-0.1, -0.05) is 18.2 Å². The molecule has 1 aromatic heterocycles. The van der Waals surface area contributed by atoms with Crippen LogP contribution in [0.4, 0.5) is 9.59 Å². The highest BCUT2D eigenvalue weighted by Gasteiger charge is 2.41. The first-order chi connectivity index (χ1) is 16.0. The monoisotopic (exact) mass is 499 g/mol. The summed E-state index contributed by atoms with van der Waals surface area (Å²) < 4.78 is 27.8. The third-order valence-corrected chi connectivity index (χ3v) is 5.16. The smallest absolute Gasteiger partial charge is 0.449 e. The zero-order chi connectivity index (χ0) is 25.3. The van der Waals surface area contributed by atoms with Gasteiger partial charge >= 0.3 is 29.2 Å². The van der Waals surface area contributed by atoms with E-state index >= 15 is 0 Å². The fraction of sp³-hybridized carbons (Fsp3) is 0.381. The van der Waals surface area contributed by atoms with Crippen LogP contribution in [0.25, 0.3) is 0 Å². The molecule has 2 aromatic rings. The van der Waals surface area contributed by atoms with E-state index < -0.39 is 46.7 Å². The van der Waals surface area contributed by atoms with Crippen LogP contribution in [0.1, 0.15) is 33.7 Å². The lowest BCUT2D eigenvalue weighted by atomic mass is 10.0. The van der Waals surface area contributed by atoms with Crippen LogP contribution in [0, 0.1) is 6.92 Å². The van der Waals surface area contributed by atoms with Crippen molar-refractivity contribution in [3.63, 3.8) is 0 Å². The second kappa shape index (κ2) is 11.9. The van der Waals surface area contributed by atoms with Gasteiger partial charge in [0, 0.05) is 8.35 Å². The van der Waals surface area contributed by atoms with Crippen LogP contribution >= 0.6 is 11.8 Å². The van der Waals surface area contributed by atoms with Gasteiger partial charge in [-0.3, -0.25) is 4.79 Å². The lowest BCUT2D eigenvalue weighted by Crippen LogP contribution is -2.54. The van der Waals surface area contributed by atoms with E-state index in [1.165, 1.54) is 32.9 Å². The summed E-state index contributed by atoms with van der Waals surface area (Å²) >= 11 is 0.583. The molecule has 186 valence electrons. The summed E-state index contributed by atoms with van der Waals surface area (Å²) in [5.41, 5.74) is 0. The number of nitrogens with one attached hydrogen (secondary N) is 1.